The van der Waals surface area contributed by atoms with E-state index in [4.69, 9.17) is 5.10 Å². The van der Waals surface area contributed by atoms with Crippen LogP contribution in [0.5, 0.6) is 0 Å². The number of halogens is 1. The van der Waals surface area contributed by atoms with E-state index in [1.165, 1.54) is 17.5 Å². The molecular weight excluding hydrogens is 433 g/mol. The highest BCUT2D eigenvalue weighted by molar-refractivity contribution is 5.48. The molecule has 2 fully saturated rings. The van der Waals surface area contributed by atoms with Crippen molar-refractivity contribution in [2.45, 2.75) is 57.8 Å². The molecule has 2 atom stereocenters. The van der Waals surface area contributed by atoms with Crippen molar-refractivity contribution >= 4 is 11.8 Å². The second kappa shape index (κ2) is 9.75. The molecule has 2 unspecified atom stereocenters. The number of aromatic nitrogens is 4. The summed E-state index contributed by atoms with van der Waals surface area (Å²) >= 11 is 0. The summed E-state index contributed by atoms with van der Waals surface area (Å²) in [5.41, 5.74) is 3.55. The van der Waals surface area contributed by atoms with E-state index >= 15 is 0 Å². The van der Waals surface area contributed by atoms with Crippen molar-refractivity contribution in [3.05, 3.63) is 29.0 Å². The summed E-state index contributed by atoms with van der Waals surface area (Å²) in [5, 5.41) is 11.8. The molecule has 34 heavy (non-hydrogen) atoms. The Hall–Kier alpha value is -2.30. The minimum atomic E-state index is -0.374. The number of aryl methyl sites for hydroxylation is 1. The smallest absolute Gasteiger partial charge is 0.225 e. The lowest BCUT2D eigenvalue weighted by Gasteiger charge is -2.41. The predicted molar refractivity (Wildman–Crippen MR) is 132 cm³/mol. The molecule has 9 nitrogen and oxygen atoms in total. The number of nitrogens with zero attached hydrogens (tertiary/aromatic N) is 7. The van der Waals surface area contributed by atoms with Crippen molar-refractivity contribution < 1.29 is 4.39 Å². The van der Waals surface area contributed by atoms with E-state index in [2.05, 4.69) is 51.3 Å². The van der Waals surface area contributed by atoms with E-state index in [0.717, 1.165) is 57.7 Å². The van der Waals surface area contributed by atoms with Crippen LogP contribution >= 0.6 is 0 Å². The highest BCUT2D eigenvalue weighted by Crippen LogP contribution is 2.30. The first-order chi connectivity index (χ1) is 16.4. The summed E-state index contributed by atoms with van der Waals surface area (Å²) in [5.74, 6) is 0.867. The lowest BCUT2D eigenvalue weighted by Crippen LogP contribution is -2.57. The standard InChI is InChI=1S/C24H38FN9/c1-16(2)22-18-15-34(8-7-20(18)30-32(22)4)23-19(25)14-27-24(29-23)28-17-5-6-21(26-13-17)33-11-9-31(3)10-12-33/h14,16-17,21,26H,5-13,15H2,1-4H3,(H,27,28,29). The van der Waals surface area contributed by atoms with Crippen molar-refractivity contribution in [2.75, 3.05) is 56.5 Å². The van der Waals surface area contributed by atoms with Gasteiger partial charge in [-0.2, -0.15) is 10.1 Å². The van der Waals surface area contributed by atoms with E-state index in [1.807, 2.05) is 16.6 Å². The molecule has 2 aromatic rings. The number of fused-ring (bicyclic) bond motifs is 1. The lowest BCUT2D eigenvalue weighted by molar-refractivity contribution is 0.0774. The molecule has 2 N–H and O–H groups in total. The number of anilines is 2. The summed E-state index contributed by atoms with van der Waals surface area (Å²) in [6.45, 7) is 11.0. The van der Waals surface area contributed by atoms with Crippen LogP contribution < -0.4 is 15.5 Å². The molecule has 2 saturated heterocycles. The van der Waals surface area contributed by atoms with Crippen molar-refractivity contribution in [1.82, 2.24) is 34.9 Å². The largest absolute Gasteiger partial charge is 0.350 e. The Bertz CT molecular complexity index is 991. The molecule has 0 aromatic carbocycles. The van der Waals surface area contributed by atoms with Crippen molar-refractivity contribution in [3.8, 4) is 0 Å². The maximum absolute atomic E-state index is 14.8. The lowest BCUT2D eigenvalue weighted by atomic mass is 9.99. The third-order valence-electron chi connectivity index (χ3n) is 7.52. The fourth-order valence-electron chi connectivity index (χ4n) is 5.67. The molecule has 0 bridgehead atoms. The van der Waals surface area contributed by atoms with Gasteiger partial charge in [0.05, 0.1) is 18.1 Å². The third-order valence-corrected chi connectivity index (χ3v) is 7.52. The number of piperidine rings is 1. The third kappa shape index (κ3) is 4.76. The molecule has 10 heteroatoms. The molecule has 0 amide bonds. The first kappa shape index (κ1) is 23.4. The molecule has 186 valence electrons. The minimum Gasteiger partial charge on any atom is -0.350 e. The highest BCUT2D eigenvalue weighted by Gasteiger charge is 2.29. The van der Waals surface area contributed by atoms with Crippen LogP contribution in [-0.4, -0.2) is 88.1 Å². The zero-order valence-corrected chi connectivity index (χ0v) is 20.9. The molecule has 0 saturated carbocycles. The van der Waals surface area contributed by atoms with Gasteiger partial charge in [0.15, 0.2) is 11.6 Å². The molecule has 5 rings (SSSR count). The molecule has 2 aromatic heterocycles. The summed E-state index contributed by atoms with van der Waals surface area (Å²) in [7, 11) is 4.18. The van der Waals surface area contributed by atoms with Crippen LogP contribution in [0.4, 0.5) is 16.2 Å². The fraction of sp³-hybridized carbons (Fsp3) is 0.708. The van der Waals surface area contributed by atoms with Crippen LogP contribution in [-0.2, 0) is 20.0 Å². The van der Waals surface area contributed by atoms with Crippen LogP contribution in [0.15, 0.2) is 6.20 Å². The van der Waals surface area contributed by atoms with Gasteiger partial charge in [-0.25, -0.2) is 9.37 Å². The van der Waals surface area contributed by atoms with Gasteiger partial charge in [0, 0.05) is 76.6 Å². The number of piperazine rings is 1. The van der Waals surface area contributed by atoms with Gasteiger partial charge >= 0.3 is 0 Å². The SMILES string of the molecule is CC(C)c1c2c(nn1C)CCN(c1nc(NC3CCC(N4CCN(C)CC4)NC3)ncc1F)C2. The van der Waals surface area contributed by atoms with E-state index in [-0.39, 0.29) is 11.9 Å². The summed E-state index contributed by atoms with van der Waals surface area (Å²) in [6, 6.07) is 0.237. The van der Waals surface area contributed by atoms with E-state index < -0.39 is 0 Å². The zero-order chi connectivity index (χ0) is 23.8. The van der Waals surface area contributed by atoms with Crippen LogP contribution in [0.25, 0.3) is 0 Å². The highest BCUT2D eigenvalue weighted by atomic mass is 19.1. The van der Waals surface area contributed by atoms with Gasteiger partial charge in [0.2, 0.25) is 5.95 Å². The van der Waals surface area contributed by atoms with Gasteiger partial charge < -0.3 is 15.1 Å². The first-order valence-electron chi connectivity index (χ1n) is 12.6. The average Bonchev–Trinajstić information content (AvgIpc) is 3.16. The number of likely N-dealkylation sites (N-methyl/N-ethyl adjacent to an activating group) is 1. The zero-order valence-electron chi connectivity index (χ0n) is 20.9. The van der Waals surface area contributed by atoms with Crippen LogP contribution in [0.1, 0.15) is 49.6 Å². The Kier molecular flexibility index (Phi) is 6.72. The van der Waals surface area contributed by atoms with Gasteiger partial charge in [0.1, 0.15) is 0 Å². The number of hydrogen-bond donors (Lipinski definition) is 2. The maximum atomic E-state index is 14.8. The Morgan fingerprint density at radius 1 is 1.12 bits per heavy atom. The quantitative estimate of drug-likeness (QED) is 0.684. The Morgan fingerprint density at radius 3 is 2.62 bits per heavy atom. The van der Waals surface area contributed by atoms with Gasteiger partial charge in [-0.3, -0.25) is 14.9 Å². The Labute approximate surface area is 201 Å². The molecule has 3 aliphatic heterocycles. The van der Waals surface area contributed by atoms with Crippen LogP contribution in [0, 0.1) is 5.82 Å². The molecule has 0 aliphatic carbocycles. The maximum Gasteiger partial charge on any atom is 0.225 e. The molecule has 0 radical (unpaired) electrons. The molecule has 5 heterocycles. The van der Waals surface area contributed by atoms with Crippen molar-refractivity contribution in [1.29, 1.82) is 0 Å². The number of rotatable bonds is 5. The fourth-order valence-corrected chi connectivity index (χ4v) is 5.67. The summed E-state index contributed by atoms with van der Waals surface area (Å²) in [6.07, 6.45) is 4.66. The van der Waals surface area contributed by atoms with E-state index in [9.17, 15) is 4.39 Å². The Morgan fingerprint density at radius 2 is 1.91 bits per heavy atom. The van der Waals surface area contributed by atoms with Crippen molar-refractivity contribution in [3.63, 3.8) is 0 Å². The van der Waals surface area contributed by atoms with Gasteiger partial charge in [0.25, 0.3) is 0 Å². The van der Waals surface area contributed by atoms with Crippen LogP contribution in [0.3, 0.4) is 0 Å². The minimum absolute atomic E-state index is 0.237. The predicted octanol–water partition coefficient (Wildman–Crippen LogP) is 1.77. The van der Waals surface area contributed by atoms with Gasteiger partial charge in [-0.15, -0.1) is 0 Å². The monoisotopic (exact) mass is 471 g/mol. The summed E-state index contributed by atoms with van der Waals surface area (Å²) < 4.78 is 16.8. The first-order valence-corrected chi connectivity index (χ1v) is 12.6. The van der Waals surface area contributed by atoms with Crippen LogP contribution in [0.2, 0.25) is 0 Å². The normalized spacial score (nSPS) is 24.5. The Balaban J connectivity index is 1.23. The van der Waals surface area contributed by atoms with E-state index in [1.54, 1.807) is 0 Å². The van der Waals surface area contributed by atoms with E-state index in [0.29, 0.717) is 36.9 Å². The molecule has 0 spiro atoms. The summed E-state index contributed by atoms with van der Waals surface area (Å²) in [4.78, 5) is 15.8. The second-order valence-electron chi connectivity index (χ2n) is 10.3. The molecule has 3 aliphatic rings. The second-order valence-corrected chi connectivity index (χ2v) is 10.3. The number of nitrogens with one attached hydrogen (secondary N) is 2. The topological polar surface area (TPSA) is 77.4 Å². The van der Waals surface area contributed by atoms with Gasteiger partial charge in [-0.1, -0.05) is 13.8 Å². The number of hydrogen-bond acceptors (Lipinski definition) is 8. The van der Waals surface area contributed by atoms with Gasteiger partial charge in [-0.05, 0) is 25.8 Å². The van der Waals surface area contributed by atoms with Crippen molar-refractivity contribution in [2.24, 2.45) is 7.05 Å². The molecular formula is C24H38FN9. The average molecular weight is 472 g/mol.